The Balaban J connectivity index is 1.58. The topological polar surface area (TPSA) is 73.6 Å². The first-order valence-electron chi connectivity index (χ1n) is 9.27. The number of thiocarbonyl (C=S) groups is 1. The quantitative estimate of drug-likeness (QED) is 0.518. The summed E-state index contributed by atoms with van der Waals surface area (Å²) in [5.41, 5.74) is -1.00. The van der Waals surface area contributed by atoms with Gasteiger partial charge in [0.15, 0.2) is 5.11 Å². The maximum atomic E-state index is 13.4. The third-order valence-corrected chi connectivity index (χ3v) is 6.11. The number of alkyl halides is 3. The Morgan fingerprint density at radius 3 is 2.45 bits per heavy atom. The first-order valence-corrected chi connectivity index (χ1v) is 9.68. The Morgan fingerprint density at radius 1 is 1.10 bits per heavy atom. The van der Waals surface area contributed by atoms with Gasteiger partial charge in [0.2, 0.25) is 0 Å². The molecule has 2 aromatic carbocycles. The lowest BCUT2D eigenvalue weighted by Crippen LogP contribution is -2.37. The predicted molar refractivity (Wildman–Crippen MR) is 106 cm³/mol. The van der Waals surface area contributed by atoms with Crippen molar-refractivity contribution >= 4 is 40.6 Å². The molecule has 0 bridgehead atoms. The van der Waals surface area contributed by atoms with Crippen molar-refractivity contribution in [2.24, 2.45) is 0 Å². The van der Waals surface area contributed by atoms with Crippen molar-refractivity contribution in [2.45, 2.75) is 31.2 Å². The number of hydrogen-bond acceptors (Lipinski definition) is 5. The second-order valence-corrected chi connectivity index (χ2v) is 7.91. The lowest BCUT2D eigenvalue weighted by molar-refractivity contribution is -0.137. The number of anilines is 2. The third-order valence-electron chi connectivity index (χ3n) is 5.75. The van der Waals surface area contributed by atoms with E-state index in [4.69, 9.17) is 22.2 Å². The number of benzene rings is 2. The highest BCUT2D eigenvalue weighted by molar-refractivity contribution is 7.81. The molecule has 2 aromatic rings. The maximum absolute atomic E-state index is 13.4. The highest BCUT2D eigenvalue weighted by Gasteiger charge is 2.64. The minimum Gasteiger partial charge on any atom is -0.457 e. The van der Waals surface area contributed by atoms with E-state index in [2.05, 4.69) is 0 Å². The Labute approximate surface area is 179 Å². The molecule has 0 radical (unpaired) electrons. The van der Waals surface area contributed by atoms with Crippen molar-refractivity contribution in [3.8, 4) is 6.07 Å². The number of carbonyl (C=O) groups excluding carboxylic acids is 2. The van der Waals surface area contributed by atoms with Gasteiger partial charge in [-0.15, -0.1) is 0 Å². The summed E-state index contributed by atoms with van der Waals surface area (Å²) in [6.45, 7) is 0.109. The van der Waals surface area contributed by atoms with Gasteiger partial charge < -0.3 is 9.64 Å². The number of cyclic esters (lactones) is 1. The molecule has 1 aliphatic carbocycles. The number of amides is 1. The highest BCUT2D eigenvalue weighted by atomic mass is 32.1. The molecule has 156 valence electrons. The zero-order chi connectivity index (χ0) is 22.1. The molecular formula is C21H12F3N3O3S. The number of fused-ring (bicyclic) bond motifs is 1. The van der Waals surface area contributed by atoms with Gasteiger partial charge in [0, 0.05) is 11.3 Å². The number of nitriles is 1. The van der Waals surface area contributed by atoms with Gasteiger partial charge in [-0.25, -0.2) is 4.79 Å². The van der Waals surface area contributed by atoms with Gasteiger partial charge in [0.1, 0.15) is 12.1 Å². The maximum Gasteiger partial charge on any atom is 0.417 e. The van der Waals surface area contributed by atoms with Crippen LogP contribution in [0.25, 0.3) is 0 Å². The second-order valence-electron chi connectivity index (χ2n) is 7.55. The van der Waals surface area contributed by atoms with Crippen molar-refractivity contribution in [1.29, 1.82) is 5.26 Å². The number of carbonyl (C=O) groups is 2. The van der Waals surface area contributed by atoms with E-state index in [1.54, 1.807) is 23.1 Å². The van der Waals surface area contributed by atoms with Crippen molar-refractivity contribution in [3.05, 3.63) is 58.7 Å². The van der Waals surface area contributed by atoms with Gasteiger partial charge in [0.25, 0.3) is 5.91 Å². The Hall–Kier alpha value is -3.45. The van der Waals surface area contributed by atoms with Crippen molar-refractivity contribution < 1.29 is 27.5 Å². The number of esters is 1. The smallest absolute Gasteiger partial charge is 0.417 e. The third kappa shape index (κ3) is 2.73. The fourth-order valence-corrected chi connectivity index (χ4v) is 4.55. The van der Waals surface area contributed by atoms with Gasteiger partial charge in [-0.1, -0.05) is 0 Å². The van der Waals surface area contributed by atoms with Crippen LogP contribution in [0.2, 0.25) is 0 Å². The lowest BCUT2D eigenvalue weighted by Gasteiger charge is -2.24. The molecule has 0 N–H and O–H groups in total. The molecule has 0 atom stereocenters. The molecule has 1 amide bonds. The SMILES string of the molecule is N#Cc1ccc(N2C(=O)C3(CC3)N(c3ccc4c(c3)COC4=O)C2=S)cc1C(F)(F)F. The number of halogens is 3. The van der Waals surface area contributed by atoms with Crippen molar-refractivity contribution in [2.75, 3.05) is 9.80 Å². The minimum absolute atomic E-state index is 0.0465. The van der Waals surface area contributed by atoms with Gasteiger partial charge in [0.05, 0.1) is 28.4 Å². The number of ether oxygens (including phenoxy) is 1. The molecule has 2 aliphatic heterocycles. The first kappa shape index (κ1) is 19.5. The minimum atomic E-state index is -4.76. The van der Waals surface area contributed by atoms with Gasteiger partial charge in [-0.2, -0.15) is 18.4 Å². The first-order chi connectivity index (χ1) is 14.7. The van der Waals surface area contributed by atoms with E-state index in [9.17, 15) is 22.8 Å². The summed E-state index contributed by atoms with van der Waals surface area (Å²) in [5, 5.41) is 9.07. The molecule has 5 rings (SSSR count). The summed E-state index contributed by atoms with van der Waals surface area (Å²) in [6.07, 6.45) is -3.76. The van der Waals surface area contributed by atoms with E-state index in [0.29, 0.717) is 29.7 Å². The molecule has 2 heterocycles. The largest absolute Gasteiger partial charge is 0.457 e. The van der Waals surface area contributed by atoms with Crippen LogP contribution < -0.4 is 9.80 Å². The summed E-state index contributed by atoms with van der Waals surface area (Å²) in [5.74, 6) is -0.843. The summed E-state index contributed by atoms with van der Waals surface area (Å²) in [6, 6.07) is 9.57. The molecule has 3 aliphatic rings. The molecular weight excluding hydrogens is 431 g/mol. The van der Waals surface area contributed by atoms with Gasteiger partial charge in [-0.05, 0) is 61.5 Å². The molecule has 1 saturated carbocycles. The molecule has 1 saturated heterocycles. The Bertz CT molecular complexity index is 1230. The number of hydrogen-bond donors (Lipinski definition) is 0. The van der Waals surface area contributed by atoms with Crippen LogP contribution in [-0.4, -0.2) is 22.5 Å². The van der Waals surface area contributed by atoms with Crippen LogP contribution >= 0.6 is 12.2 Å². The zero-order valence-electron chi connectivity index (χ0n) is 15.7. The van der Waals surface area contributed by atoms with E-state index < -0.39 is 34.7 Å². The summed E-state index contributed by atoms with van der Waals surface area (Å²) >= 11 is 5.53. The van der Waals surface area contributed by atoms with E-state index in [-0.39, 0.29) is 17.4 Å². The highest BCUT2D eigenvalue weighted by Crippen LogP contribution is 2.51. The standard InChI is InChI=1S/C21H12F3N3O3S/c22-21(23,24)16-8-13(2-1-11(16)9-25)26-18(29)20(5-6-20)27(19(26)31)14-3-4-15-12(7-14)10-30-17(15)28/h1-4,7-8H,5-6,10H2. The second kappa shape index (κ2) is 6.28. The normalized spacial score (nSPS) is 19.0. The summed E-state index contributed by atoms with van der Waals surface area (Å²) < 4.78 is 45.3. The fourth-order valence-electron chi connectivity index (χ4n) is 4.08. The van der Waals surface area contributed by atoms with Crippen molar-refractivity contribution in [1.82, 2.24) is 0 Å². The van der Waals surface area contributed by atoms with E-state index in [1.807, 2.05) is 0 Å². The van der Waals surface area contributed by atoms with Crippen LogP contribution in [0.15, 0.2) is 36.4 Å². The molecule has 0 aromatic heterocycles. The van der Waals surface area contributed by atoms with Crippen molar-refractivity contribution in [3.63, 3.8) is 0 Å². The Morgan fingerprint density at radius 2 is 1.81 bits per heavy atom. The van der Waals surface area contributed by atoms with Crippen LogP contribution in [0.1, 0.15) is 39.9 Å². The fraction of sp³-hybridized carbons (Fsp3) is 0.238. The van der Waals surface area contributed by atoms with Crippen LogP contribution in [0.4, 0.5) is 24.5 Å². The molecule has 10 heteroatoms. The van der Waals surface area contributed by atoms with Crippen LogP contribution in [0, 0.1) is 11.3 Å². The molecule has 0 unspecified atom stereocenters. The summed E-state index contributed by atoms with van der Waals surface area (Å²) in [4.78, 5) is 27.7. The van der Waals surface area contributed by atoms with Crippen LogP contribution in [0.3, 0.4) is 0 Å². The molecule has 2 fully saturated rings. The van der Waals surface area contributed by atoms with Crippen LogP contribution in [-0.2, 0) is 22.3 Å². The van der Waals surface area contributed by atoms with E-state index >= 15 is 0 Å². The van der Waals surface area contributed by atoms with E-state index in [0.717, 1.165) is 17.0 Å². The summed E-state index contributed by atoms with van der Waals surface area (Å²) in [7, 11) is 0. The average molecular weight is 443 g/mol. The van der Waals surface area contributed by atoms with Gasteiger partial charge >= 0.3 is 12.1 Å². The number of rotatable bonds is 2. The predicted octanol–water partition coefficient (Wildman–Crippen LogP) is 3.92. The monoisotopic (exact) mass is 443 g/mol. The van der Waals surface area contributed by atoms with E-state index in [1.165, 1.54) is 12.1 Å². The molecule has 6 nitrogen and oxygen atoms in total. The van der Waals surface area contributed by atoms with Crippen LogP contribution in [0.5, 0.6) is 0 Å². The number of nitrogens with zero attached hydrogens (tertiary/aromatic N) is 3. The Kier molecular flexibility index (Phi) is 3.95. The zero-order valence-corrected chi connectivity index (χ0v) is 16.5. The molecule has 1 spiro atoms. The lowest BCUT2D eigenvalue weighted by atomic mass is 10.1. The van der Waals surface area contributed by atoms with Gasteiger partial charge in [-0.3, -0.25) is 9.69 Å². The molecule has 31 heavy (non-hydrogen) atoms. The average Bonchev–Trinajstić information content (AvgIpc) is 3.39.